The van der Waals surface area contributed by atoms with E-state index in [1.165, 1.54) is 0 Å². The molecule has 1 atom stereocenters. The highest BCUT2D eigenvalue weighted by atomic mass is 16.2. The summed E-state index contributed by atoms with van der Waals surface area (Å²) in [6, 6.07) is 0. The maximum atomic E-state index is 11.7. The molecule has 0 fully saturated rings. The van der Waals surface area contributed by atoms with Crippen molar-refractivity contribution in [2.24, 2.45) is 11.7 Å². The molecule has 4 nitrogen and oxygen atoms in total. The number of rotatable bonds is 7. The van der Waals surface area contributed by atoms with Crippen LogP contribution in [0.2, 0.25) is 0 Å². The van der Waals surface area contributed by atoms with Gasteiger partial charge in [-0.05, 0) is 33.0 Å². The van der Waals surface area contributed by atoms with Crippen LogP contribution in [0.1, 0.15) is 19.8 Å². The Morgan fingerprint density at radius 1 is 1.57 bits per heavy atom. The van der Waals surface area contributed by atoms with E-state index in [4.69, 9.17) is 5.73 Å². The number of nitrogens with two attached hydrogens (primary N) is 1. The van der Waals surface area contributed by atoms with Crippen LogP contribution in [0.3, 0.4) is 0 Å². The summed E-state index contributed by atoms with van der Waals surface area (Å²) in [4.78, 5) is 13.5. The highest BCUT2D eigenvalue weighted by molar-refractivity contribution is 5.78. The number of nitrogens with zero attached hydrogens (tertiary/aromatic N) is 1. The van der Waals surface area contributed by atoms with Gasteiger partial charge in [0.25, 0.3) is 0 Å². The molecule has 84 valence electrons. The monoisotopic (exact) mass is 201 g/mol. The average Bonchev–Trinajstić information content (AvgIpc) is 2.17. The van der Waals surface area contributed by atoms with Gasteiger partial charge in [0, 0.05) is 19.5 Å². The largest absolute Gasteiger partial charge is 0.345 e. The number of hydrogen-bond acceptors (Lipinski definition) is 3. The minimum atomic E-state index is 0.0552. The first kappa shape index (κ1) is 13.4. The van der Waals surface area contributed by atoms with Gasteiger partial charge in [0.15, 0.2) is 0 Å². The average molecular weight is 201 g/mol. The Hall–Kier alpha value is -0.610. The van der Waals surface area contributed by atoms with Crippen LogP contribution >= 0.6 is 0 Å². The van der Waals surface area contributed by atoms with E-state index >= 15 is 0 Å². The van der Waals surface area contributed by atoms with E-state index in [1.807, 2.05) is 21.0 Å². The molecule has 1 unspecified atom stereocenters. The van der Waals surface area contributed by atoms with E-state index < -0.39 is 0 Å². The molecular formula is C10H23N3O. The minimum absolute atomic E-state index is 0.0552. The van der Waals surface area contributed by atoms with Gasteiger partial charge in [-0.2, -0.15) is 0 Å². The van der Waals surface area contributed by atoms with Crippen molar-refractivity contribution in [1.82, 2.24) is 10.2 Å². The molecule has 0 radical (unpaired) electrons. The summed E-state index contributed by atoms with van der Waals surface area (Å²) in [5, 5.41) is 3.06. The Bertz CT molecular complexity index is 161. The third kappa shape index (κ3) is 5.19. The molecule has 4 heteroatoms. The van der Waals surface area contributed by atoms with Crippen LogP contribution in [0.4, 0.5) is 0 Å². The standard InChI is InChI=1S/C10H23N3O/c1-9(5-6-11)10(14)13(3)8-4-7-12-2/h9,12H,4-8,11H2,1-3H3. The van der Waals surface area contributed by atoms with E-state index in [-0.39, 0.29) is 11.8 Å². The maximum absolute atomic E-state index is 11.7. The van der Waals surface area contributed by atoms with Gasteiger partial charge in [0.1, 0.15) is 0 Å². The van der Waals surface area contributed by atoms with E-state index in [0.717, 1.165) is 25.9 Å². The minimum Gasteiger partial charge on any atom is -0.345 e. The molecule has 0 aromatic carbocycles. The van der Waals surface area contributed by atoms with E-state index in [0.29, 0.717) is 6.54 Å². The number of hydrogen-bond donors (Lipinski definition) is 2. The Kier molecular flexibility index (Phi) is 7.42. The summed E-state index contributed by atoms with van der Waals surface area (Å²) in [5.74, 6) is 0.256. The molecule has 0 bridgehead atoms. The fraction of sp³-hybridized carbons (Fsp3) is 0.900. The third-order valence-electron chi connectivity index (χ3n) is 2.32. The van der Waals surface area contributed by atoms with Gasteiger partial charge in [-0.25, -0.2) is 0 Å². The number of carbonyl (C=O) groups is 1. The van der Waals surface area contributed by atoms with Crippen LogP contribution < -0.4 is 11.1 Å². The Labute approximate surface area is 86.8 Å². The predicted octanol–water partition coefficient (Wildman–Crippen LogP) is 0.0392. The van der Waals surface area contributed by atoms with Crippen molar-refractivity contribution < 1.29 is 4.79 Å². The lowest BCUT2D eigenvalue weighted by atomic mass is 10.1. The van der Waals surface area contributed by atoms with Gasteiger partial charge in [-0.15, -0.1) is 0 Å². The fourth-order valence-electron chi connectivity index (χ4n) is 1.35. The first-order valence-electron chi connectivity index (χ1n) is 5.23. The van der Waals surface area contributed by atoms with Gasteiger partial charge in [0.05, 0.1) is 0 Å². The molecule has 14 heavy (non-hydrogen) atoms. The van der Waals surface area contributed by atoms with Crippen molar-refractivity contribution in [3.8, 4) is 0 Å². The first-order valence-corrected chi connectivity index (χ1v) is 5.23. The van der Waals surface area contributed by atoms with Crippen molar-refractivity contribution in [3.05, 3.63) is 0 Å². The lowest BCUT2D eigenvalue weighted by Crippen LogP contribution is -2.34. The maximum Gasteiger partial charge on any atom is 0.225 e. The Morgan fingerprint density at radius 2 is 2.21 bits per heavy atom. The Balaban J connectivity index is 3.74. The molecule has 0 rings (SSSR count). The first-order chi connectivity index (χ1) is 6.63. The molecule has 0 aliphatic rings. The normalized spacial score (nSPS) is 12.6. The summed E-state index contributed by atoms with van der Waals surface area (Å²) < 4.78 is 0. The van der Waals surface area contributed by atoms with Gasteiger partial charge >= 0.3 is 0 Å². The van der Waals surface area contributed by atoms with Gasteiger partial charge in [-0.3, -0.25) is 4.79 Å². The van der Waals surface area contributed by atoms with Crippen molar-refractivity contribution in [1.29, 1.82) is 0 Å². The molecule has 0 aromatic heterocycles. The van der Waals surface area contributed by atoms with Crippen molar-refractivity contribution in [2.45, 2.75) is 19.8 Å². The summed E-state index contributed by atoms with van der Waals surface area (Å²) in [6.07, 6.45) is 1.77. The van der Waals surface area contributed by atoms with E-state index in [2.05, 4.69) is 5.32 Å². The van der Waals surface area contributed by atoms with E-state index in [1.54, 1.807) is 4.90 Å². The second kappa shape index (κ2) is 7.76. The molecule has 0 aliphatic carbocycles. The molecule has 0 aromatic rings. The van der Waals surface area contributed by atoms with Gasteiger partial charge in [-0.1, -0.05) is 6.92 Å². The van der Waals surface area contributed by atoms with Crippen molar-refractivity contribution in [3.63, 3.8) is 0 Å². The Morgan fingerprint density at radius 3 is 2.71 bits per heavy atom. The van der Waals surface area contributed by atoms with Crippen LogP contribution in [-0.4, -0.2) is 44.5 Å². The number of nitrogens with one attached hydrogen (secondary N) is 1. The zero-order valence-electron chi connectivity index (χ0n) is 9.55. The van der Waals surface area contributed by atoms with Crippen LogP contribution in [0.25, 0.3) is 0 Å². The number of carbonyl (C=O) groups excluding carboxylic acids is 1. The quantitative estimate of drug-likeness (QED) is 0.572. The van der Waals surface area contributed by atoms with Crippen LogP contribution in [0.5, 0.6) is 0 Å². The highest BCUT2D eigenvalue weighted by Crippen LogP contribution is 2.04. The van der Waals surface area contributed by atoms with Crippen molar-refractivity contribution >= 4 is 5.91 Å². The second-order valence-electron chi connectivity index (χ2n) is 3.70. The zero-order valence-corrected chi connectivity index (χ0v) is 9.55. The van der Waals surface area contributed by atoms with Crippen molar-refractivity contribution in [2.75, 3.05) is 33.7 Å². The lowest BCUT2D eigenvalue weighted by molar-refractivity contribution is -0.133. The molecule has 0 saturated heterocycles. The third-order valence-corrected chi connectivity index (χ3v) is 2.32. The smallest absolute Gasteiger partial charge is 0.225 e. The van der Waals surface area contributed by atoms with E-state index in [9.17, 15) is 4.79 Å². The summed E-state index contributed by atoms with van der Waals surface area (Å²) in [7, 11) is 3.77. The van der Waals surface area contributed by atoms with Gasteiger partial charge in [0.2, 0.25) is 5.91 Å². The lowest BCUT2D eigenvalue weighted by Gasteiger charge is -2.20. The summed E-state index contributed by atoms with van der Waals surface area (Å²) in [5.41, 5.74) is 5.41. The van der Waals surface area contributed by atoms with Crippen LogP contribution in [0.15, 0.2) is 0 Å². The van der Waals surface area contributed by atoms with Crippen LogP contribution in [-0.2, 0) is 4.79 Å². The highest BCUT2D eigenvalue weighted by Gasteiger charge is 2.15. The molecule has 0 heterocycles. The molecule has 0 aliphatic heterocycles. The van der Waals surface area contributed by atoms with Gasteiger partial charge < -0.3 is 16.0 Å². The van der Waals surface area contributed by atoms with Crippen LogP contribution in [0, 0.1) is 5.92 Å². The SMILES string of the molecule is CNCCCN(C)C(=O)C(C)CCN. The molecule has 1 amide bonds. The topological polar surface area (TPSA) is 58.4 Å². The predicted molar refractivity (Wildman–Crippen MR) is 59.0 cm³/mol. The fourth-order valence-corrected chi connectivity index (χ4v) is 1.35. The second-order valence-corrected chi connectivity index (χ2v) is 3.70. The molecule has 3 N–H and O–H groups in total. The molecule has 0 spiro atoms. The summed E-state index contributed by atoms with van der Waals surface area (Å²) in [6.45, 7) is 4.28. The zero-order chi connectivity index (χ0) is 11.0. The number of amides is 1. The molecular weight excluding hydrogens is 178 g/mol. The summed E-state index contributed by atoms with van der Waals surface area (Å²) >= 11 is 0. The molecule has 0 saturated carbocycles.